The Morgan fingerprint density at radius 2 is 1.95 bits per heavy atom. The molecule has 2 heterocycles. The van der Waals surface area contributed by atoms with Crippen LogP contribution >= 0.6 is 11.3 Å². The molecule has 3 rings (SSSR count). The van der Waals surface area contributed by atoms with Gasteiger partial charge in [-0.15, -0.1) is 11.3 Å². The van der Waals surface area contributed by atoms with Gasteiger partial charge in [0.15, 0.2) is 0 Å². The van der Waals surface area contributed by atoms with E-state index in [1.807, 2.05) is 11.8 Å². The van der Waals surface area contributed by atoms with Crippen LogP contribution in [0.25, 0.3) is 10.1 Å². The Labute approximate surface area is 129 Å². The molecule has 112 valence electrons. The zero-order chi connectivity index (χ0) is 15.1. The molecule has 2 N–H and O–H groups in total. The number of rotatable bonds is 1. The Bertz CT molecular complexity index is 681. The number of likely N-dealkylation sites (tertiary alicyclic amines) is 1. The molecule has 0 bridgehead atoms. The SMILES string of the molecule is Cc1ccc2sc(C(=O)N3[C@H](C)CCC[C@@H]3C)c(N)c2c1. The van der Waals surface area contributed by atoms with Crippen LogP contribution in [0.15, 0.2) is 18.2 Å². The van der Waals surface area contributed by atoms with Crippen molar-refractivity contribution < 1.29 is 4.79 Å². The largest absolute Gasteiger partial charge is 0.397 e. The first-order valence-corrected chi connectivity index (χ1v) is 8.42. The van der Waals surface area contributed by atoms with Crippen LogP contribution in [-0.2, 0) is 0 Å². The minimum absolute atomic E-state index is 0.103. The van der Waals surface area contributed by atoms with Crippen LogP contribution in [0.1, 0.15) is 48.3 Å². The number of thiophene rings is 1. The molecule has 4 heteroatoms. The molecule has 2 aromatic rings. The van der Waals surface area contributed by atoms with Gasteiger partial charge in [-0.2, -0.15) is 0 Å². The van der Waals surface area contributed by atoms with Gasteiger partial charge in [0.2, 0.25) is 0 Å². The Morgan fingerprint density at radius 1 is 1.29 bits per heavy atom. The van der Waals surface area contributed by atoms with E-state index in [0.717, 1.165) is 22.9 Å². The summed E-state index contributed by atoms with van der Waals surface area (Å²) in [7, 11) is 0. The quantitative estimate of drug-likeness (QED) is 0.858. The van der Waals surface area contributed by atoms with Crippen LogP contribution < -0.4 is 5.73 Å². The summed E-state index contributed by atoms with van der Waals surface area (Å²) in [4.78, 5) is 15.7. The summed E-state index contributed by atoms with van der Waals surface area (Å²) in [5, 5.41) is 1.01. The number of hydrogen-bond acceptors (Lipinski definition) is 3. The second-order valence-corrected chi connectivity index (χ2v) is 7.24. The number of benzene rings is 1. The first-order chi connectivity index (χ1) is 9.99. The standard InChI is InChI=1S/C17H22N2OS/c1-10-7-8-14-13(9-10)15(18)16(21-14)17(20)19-11(2)5-4-6-12(19)3/h7-9,11-12H,4-6,18H2,1-3H3/t11-,12+. The fourth-order valence-electron chi connectivity index (χ4n) is 3.33. The minimum Gasteiger partial charge on any atom is -0.397 e. The van der Waals surface area contributed by atoms with E-state index in [0.29, 0.717) is 22.6 Å². The van der Waals surface area contributed by atoms with E-state index < -0.39 is 0 Å². The molecule has 1 aromatic carbocycles. The molecule has 1 aliphatic rings. The van der Waals surface area contributed by atoms with E-state index in [1.54, 1.807) is 0 Å². The van der Waals surface area contributed by atoms with Crippen molar-refractivity contribution in [2.75, 3.05) is 5.73 Å². The molecule has 1 aliphatic heterocycles. The maximum Gasteiger partial charge on any atom is 0.266 e. The van der Waals surface area contributed by atoms with Gasteiger partial charge in [0, 0.05) is 22.2 Å². The predicted molar refractivity (Wildman–Crippen MR) is 89.9 cm³/mol. The van der Waals surface area contributed by atoms with Crippen LogP contribution in [0.2, 0.25) is 0 Å². The number of anilines is 1. The summed E-state index contributed by atoms with van der Waals surface area (Å²) in [5.74, 6) is 0.103. The average molecular weight is 302 g/mol. The van der Waals surface area contributed by atoms with Gasteiger partial charge in [0.25, 0.3) is 5.91 Å². The monoisotopic (exact) mass is 302 g/mol. The van der Waals surface area contributed by atoms with Crippen LogP contribution in [0.4, 0.5) is 5.69 Å². The second-order valence-electron chi connectivity index (χ2n) is 6.19. The van der Waals surface area contributed by atoms with Crippen molar-refractivity contribution >= 4 is 33.0 Å². The van der Waals surface area contributed by atoms with Gasteiger partial charge in [-0.3, -0.25) is 4.79 Å². The normalized spacial score (nSPS) is 22.7. The topological polar surface area (TPSA) is 46.3 Å². The summed E-state index contributed by atoms with van der Waals surface area (Å²) >= 11 is 1.52. The summed E-state index contributed by atoms with van der Waals surface area (Å²) in [6, 6.07) is 6.80. The van der Waals surface area contributed by atoms with Gasteiger partial charge in [-0.1, -0.05) is 11.6 Å². The highest BCUT2D eigenvalue weighted by Crippen LogP contribution is 2.36. The number of amides is 1. The molecular formula is C17H22N2OS. The van der Waals surface area contributed by atoms with Crippen molar-refractivity contribution in [3.05, 3.63) is 28.6 Å². The summed E-state index contributed by atoms with van der Waals surface area (Å²) < 4.78 is 1.10. The van der Waals surface area contributed by atoms with Crippen LogP contribution in [0, 0.1) is 6.92 Å². The Morgan fingerprint density at radius 3 is 2.62 bits per heavy atom. The van der Waals surface area contributed by atoms with Crippen LogP contribution in [0.5, 0.6) is 0 Å². The molecular weight excluding hydrogens is 280 g/mol. The molecule has 0 aliphatic carbocycles. The van der Waals surface area contributed by atoms with Crippen molar-refractivity contribution in [2.24, 2.45) is 0 Å². The smallest absolute Gasteiger partial charge is 0.266 e. The van der Waals surface area contributed by atoms with E-state index in [1.165, 1.54) is 23.3 Å². The third-order valence-corrected chi connectivity index (χ3v) is 5.68. The number of carbonyl (C=O) groups excluding carboxylic acids is 1. The van der Waals surface area contributed by atoms with E-state index in [4.69, 9.17) is 5.73 Å². The van der Waals surface area contributed by atoms with Gasteiger partial charge >= 0.3 is 0 Å². The maximum atomic E-state index is 13.0. The van der Waals surface area contributed by atoms with Gasteiger partial charge in [0.1, 0.15) is 4.88 Å². The lowest BCUT2D eigenvalue weighted by atomic mass is 9.97. The Balaban J connectivity index is 2.03. The number of carbonyl (C=O) groups is 1. The molecule has 0 spiro atoms. The van der Waals surface area contributed by atoms with Crippen molar-refractivity contribution in [3.8, 4) is 0 Å². The zero-order valence-corrected chi connectivity index (χ0v) is 13.7. The third-order valence-electron chi connectivity index (χ3n) is 4.50. The fraction of sp³-hybridized carbons (Fsp3) is 0.471. The van der Waals surface area contributed by atoms with Crippen molar-refractivity contribution in [1.82, 2.24) is 4.90 Å². The summed E-state index contributed by atoms with van der Waals surface area (Å²) in [6.45, 7) is 6.33. The number of piperidine rings is 1. The Kier molecular flexibility index (Phi) is 3.66. The van der Waals surface area contributed by atoms with Crippen LogP contribution in [0.3, 0.4) is 0 Å². The zero-order valence-electron chi connectivity index (χ0n) is 12.8. The molecule has 0 unspecified atom stereocenters. The van der Waals surface area contributed by atoms with Gasteiger partial charge in [0.05, 0.1) is 5.69 Å². The highest BCUT2D eigenvalue weighted by molar-refractivity contribution is 7.21. The van der Waals surface area contributed by atoms with Crippen molar-refractivity contribution in [1.29, 1.82) is 0 Å². The molecule has 0 saturated carbocycles. The van der Waals surface area contributed by atoms with E-state index >= 15 is 0 Å². The molecule has 1 fully saturated rings. The van der Waals surface area contributed by atoms with E-state index in [9.17, 15) is 4.79 Å². The summed E-state index contributed by atoms with van der Waals surface area (Å²) in [5.41, 5.74) is 8.09. The van der Waals surface area contributed by atoms with Crippen molar-refractivity contribution in [3.63, 3.8) is 0 Å². The molecule has 2 atom stereocenters. The number of hydrogen-bond donors (Lipinski definition) is 1. The van der Waals surface area contributed by atoms with Gasteiger partial charge in [-0.05, 0) is 52.2 Å². The minimum atomic E-state index is 0.103. The second kappa shape index (κ2) is 5.34. The molecule has 1 saturated heterocycles. The number of nitrogen functional groups attached to an aromatic ring is 1. The van der Waals surface area contributed by atoms with Crippen LogP contribution in [-0.4, -0.2) is 22.9 Å². The van der Waals surface area contributed by atoms with E-state index in [-0.39, 0.29) is 5.91 Å². The predicted octanol–water partition coefficient (Wildman–Crippen LogP) is 4.20. The lowest BCUT2D eigenvalue weighted by molar-refractivity contribution is 0.0517. The van der Waals surface area contributed by atoms with E-state index in [2.05, 4.69) is 32.0 Å². The number of aryl methyl sites for hydroxylation is 1. The third kappa shape index (κ3) is 2.42. The molecule has 0 radical (unpaired) electrons. The number of nitrogens with two attached hydrogens (primary N) is 1. The summed E-state index contributed by atoms with van der Waals surface area (Å²) in [6.07, 6.45) is 3.37. The fourth-order valence-corrected chi connectivity index (χ4v) is 4.38. The van der Waals surface area contributed by atoms with Gasteiger partial charge < -0.3 is 10.6 Å². The van der Waals surface area contributed by atoms with Crippen molar-refractivity contribution in [2.45, 2.75) is 52.1 Å². The highest BCUT2D eigenvalue weighted by Gasteiger charge is 2.31. The average Bonchev–Trinajstić information content (AvgIpc) is 2.76. The lowest BCUT2D eigenvalue weighted by Gasteiger charge is -2.38. The number of fused-ring (bicyclic) bond motifs is 1. The first-order valence-electron chi connectivity index (χ1n) is 7.60. The molecule has 21 heavy (non-hydrogen) atoms. The first kappa shape index (κ1) is 14.4. The maximum absolute atomic E-state index is 13.0. The Hall–Kier alpha value is -1.55. The molecule has 1 amide bonds. The molecule has 3 nitrogen and oxygen atoms in total. The lowest BCUT2D eigenvalue weighted by Crippen LogP contribution is -2.47. The number of nitrogens with zero attached hydrogens (tertiary/aromatic N) is 1. The molecule has 1 aromatic heterocycles. The highest BCUT2D eigenvalue weighted by atomic mass is 32.1. The van der Waals surface area contributed by atoms with Gasteiger partial charge in [-0.25, -0.2) is 0 Å².